The molecule has 1 atom stereocenters. The van der Waals surface area contributed by atoms with E-state index < -0.39 is 6.10 Å². The van der Waals surface area contributed by atoms with Gasteiger partial charge in [-0.25, -0.2) is 9.89 Å². The first kappa shape index (κ1) is 14.7. The Morgan fingerprint density at radius 2 is 2.15 bits per heavy atom. The molecule has 2 aromatic rings. The molecule has 0 radical (unpaired) electrons. The summed E-state index contributed by atoms with van der Waals surface area (Å²) in [6.07, 6.45) is -0.700. The zero-order chi connectivity index (χ0) is 14.7. The number of aliphatic hydroxyl groups is 1. The number of nitrogens with zero attached hydrogens (tertiary/aromatic N) is 2. The zero-order valence-electron chi connectivity index (χ0n) is 11.4. The molecule has 1 heterocycles. The Labute approximate surface area is 121 Å². The van der Waals surface area contributed by atoms with Crippen LogP contribution in [0, 0.1) is 0 Å². The lowest BCUT2D eigenvalue weighted by atomic mass is 10.1. The predicted octanol–water partition coefficient (Wildman–Crippen LogP) is 1.56. The fraction of sp³-hybridized carbons (Fsp3) is 0.385. The van der Waals surface area contributed by atoms with E-state index in [9.17, 15) is 9.90 Å². The number of aliphatic hydroxyl groups excluding tert-OH is 1. The number of anilines is 1. The highest BCUT2D eigenvalue weighted by Gasteiger charge is 2.16. The van der Waals surface area contributed by atoms with E-state index in [2.05, 4.69) is 10.2 Å². The molecule has 0 spiro atoms. The minimum absolute atomic E-state index is 0.0164. The molecule has 2 rings (SSSR count). The van der Waals surface area contributed by atoms with Crippen LogP contribution in [0.2, 0.25) is 0 Å². The molecule has 4 N–H and O–H groups in total. The molecule has 0 saturated heterocycles. The van der Waals surface area contributed by atoms with Gasteiger partial charge in [-0.3, -0.25) is 4.57 Å². The fourth-order valence-electron chi connectivity index (χ4n) is 1.91. The van der Waals surface area contributed by atoms with Crippen LogP contribution in [0.5, 0.6) is 0 Å². The number of nitrogens with one attached hydrogen (secondary N) is 1. The number of para-hydroxylation sites is 1. The topological polar surface area (TPSA) is 96.9 Å². The molecule has 0 aliphatic heterocycles. The first-order valence-electron chi connectivity index (χ1n) is 6.33. The van der Waals surface area contributed by atoms with Crippen molar-refractivity contribution in [3.63, 3.8) is 0 Å². The molecule has 1 aromatic heterocycles. The van der Waals surface area contributed by atoms with Gasteiger partial charge in [0.05, 0.1) is 6.10 Å². The van der Waals surface area contributed by atoms with Crippen molar-refractivity contribution >= 4 is 17.4 Å². The summed E-state index contributed by atoms with van der Waals surface area (Å²) in [4.78, 5) is 11.6. The van der Waals surface area contributed by atoms with Crippen molar-refractivity contribution in [2.75, 3.05) is 11.5 Å². The Balaban J connectivity index is 2.10. The average molecular weight is 294 g/mol. The van der Waals surface area contributed by atoms with Gasteiger partial charge in [0, 0.05) is 23.0 Å². The molecular formula is C13H18N4O2S. The van der Waals surface area contributed by atoms with Gasteiger partial charge >= 0.3 is 5.69 Å². The zero-order valence-corrected chi connectivity index (χ0v) is 12.2. The van der Waals surface area contributed by atoms with Crippen LogP contribution in [0.25, 0.3) is 0 Å². The van der Waals surface area contributed by atoms with Crippen LogP contribution in [0.1, 0.15) is 31.6 Å². The minimum atomic E-state index is -0.700. The summed E-state index contributed by atoms with van der Waals surface area (Å²) in [5.41, 5.74) is 6.83. The van der Waals surface area contributed by atoms with Crippen LogP contribution in [0.3, 0.4) is 0 Å². The summed E-state index contributed by atoms with van der Waals surface area (Å²) >= 11 is 1.32. The normalized spacial score (nSPS) is 12.8. The third-order valence-corrected chi connectivity index (χ3v) is 3.94. The summed E-state index contributed by atoms with van der Waals surface area (Å²) < 4.78 is 1.56. The molecule has 0 amide bonds. The highest BCUT2D eigenvalue weighted by Crippen LogP contribution is 2.26. The third kappa shape index (κ3) is 3.05. The molecule has 108 valence electrons. The van der Waals surface area contributed by atoms with E-state index in [1.54, 1.807) is 16.7 Å². The number of nitrogen functional groups attached to an aromatic ring is 1. The van der Waals surface area contributed by atoms with E-state index in [0.29, 0.717) is 22.2 Å². The van der Waals surface area contributed by atoms with Crippen LogP contribution in [-0.2, 0) is 0 Å². The lowest BCUT2D eigenvalue weighted by Crippen LogP contribution is -2.19. The van der Waals surface area contributed by atoms with Crippen molar-refractivity contribution in [3.8, 4) is 0 Å². The van der Waals surface area contributed by atoms with Gasteiger partial charge in [-0.05, 0) is 19.9 Å². The minimum Gasteiger partial charge on any atom is -0.398 e. The van der Waals surface area contributed by atoms with E-state index in [1.165, 1.54) is 11.8 Å². The van der Waals surface area contributed by atoms with Gasteiger partial charge in [0.15, 0.2) is 5.16 Å². The molecule has 7 heteroatoms. The Morgan fingerprint density at radius 3 is 2.80 bits per heavy atom. The molecule has 0 aliphatic rings. The number of hydrogen-bond acceptors (Lipinski definition) is 5. The van der Waals surface area contributed by atoms with Crippen molar-refractivity contribution in [3.05, 3.63) is 40.3 Å². The Hall–Kier alpha value is -1.73. The number of thioether (sulfide) groups is 1. The van der Waals surface area contributed by atoms with Crippen molar-refractivity contribution in [2.45, 2.75) is 31.1 Å². The fourth-order valence-corrected chi connectivity index (χ4v) is 2.93. The number of benzene rings is 1. The maximum Gasteiger partial charge on any atom is 0.344 e. The number of aromatic amines is 1. The molecule has 0 aliphatic carbocycles. The van der Waals surface area contributed by atoms with Gasteiger partial charge < -0.3 is 10.8 Å². The summed E-state index contributed by atoms with van der Waals surface area (Å²) in [6, 6.07) is 7.21. The highest BCUT2D eigenvalue weighted by molar-refractivity contribution is 7.99. The Morgan fingerprint density at radius 1 is 1.45 bits per heavy atom. The van der Waals surface area contributed by atoms with E-state index in [4.69, 9.17) is 5.73 Å². The van der Waals surface area contributed by atoms with Gasteiger partial charge in [-0.15, -0.1) is 5.10 Å². The predicted molar refractivity (Wildman–Crippen MR) is 79.8 cm³/mol. The van der Waals surface area contributed by atoms with E-state index in [1.807, 2.05) is 26.0 Å². The van der Waals surface area contributed by atoms with Gasteiger partial charge in [0.25, 0.3) is 0 Å². The Kier molecular flexibility index (Phi) is 4.51. The highest BCUT2D eigenvalue weighted by atomic mass is 32.2. The summed E-state index contributed by atoms with van der Waals surface area (Å²) in [6.45, 7) is 3.82. The largest absolute Gasteiger partial charge is 0.398 e. The van der Waals surface area contributed by atoms with Crippen LogP contribution in [0.15, 0.2) is 34.2 Å². The van der Waals surface area contributed by atoms with Crippen molar-refractivity contribution in [1.82, 2.24) is 14.8 Å². The lowest BCUT2D eigenvalue weighted by molar-refractivity contribution is 0.204. The van der Waals surface area contributed by atoms with Gasteiger partial charge in [-0.2, -0.15) is 0 Å². The smallest absolute Gasteiger partial charge is 0.344 e. The first-order valence-corrected chi connectivity index (χ1v) is 7.31. The van der Waals surface area contributed by atoms with Gasteiger partial charge in [0.2, 0.25) is 0 Å². The quantitative estimate of drug-likeness (QED) is 0.574. The molecule has 0 bridgehead atoms. The molecule has 20 heavy (non-hydrogen) atoms. The first-order chi connectivity index (χ1) is 9.50. The monoisotopic (exact) mass is 294 g/mol. The standard InChI is InChI=1S/C13H18N4O2S/c1-8(2)17-12(19)15-16-13(17)20-7-11(18)9-5-3-4-6-10(9)14/h3-6,8,11,18H,7,14H2,1-2H3,(H,15,19). The number of aromatic nitrogens is 3. The van der Waals surface area contributed by atoms with Gasteiger partial charge in [0.1, 0.15) is 0 Å². The molecule has 0 saturated carbocycles. The second-order valence-corrected chi connectivity index (χ2v) is 5.72. The second kappa shape index (κ2) is 6.15. The van der Waals surface area contributed by atoms with Crippen molar-refractivity contribution in [2.24, 2.45) is 0 Å². The molecule has 1 aromatic carbocycles. The summed E-state index contributed by atoms with van der Waals surface area (Å²) in [5, 5.41) is 17.1. The number of hydrogen-bond donors (Lipinski definition) is 3. The summed E-state index contributed by atoms with van der Waals surface area (Å²) in [7, 11) is 0. The Bertz CT molecular complexity index is 635. The van der Waals surface area contributed by atoms with Gasteiger partial charge in [-0.1, -0.05) is 30.0 Å². The maximum absolute atomic E-state index is 11.6. The second-order valence-electron chi connectivity index (χ2n) is 4.73. The average Bonchev–Trinajstić information content (AvgIpc) is 2.78. The van der Waals surface area contributed by atoms with E-state index >= 15 is 0 Å². The molecule has 1 unspecified atom stereocenters. The van der Waals surface area contributed by atoms with Crippen molar-refractivity contribution < 1.29 is 5.11 Å². The molecular weight excluding hydrogens is 276 g/mol. The number of rotatable bonds is 5. The SMILES string of the molecule is CC(C)n1c(SCC(O)c2ccccc2N)n[nH]c1=O. The van der Waals surface area contributed by atoms with E-state index in [0.717, 1.165) is 0 Å². The van der Waals surface area contributed by atoms with Crippen LogP contribution in [-0.4, -0.2) is 25.6 Å². The lowest BCUT2D eigenvalue weighted by Gasteiger charge is -2.13. The summed E-state index contributed by atoms with van der Waals surface area (Å²) in [5.74, 6) is 0.380. The molecule has 0 fully saturated rings. The van der Waals surface area contributed by atoms with Crippen LogP contribution >= 0.6 is 11.8 Å². The van der Waals surface area contributed by atoms with E-state index in [-0.39, 0.29) is 11.7 Å². The number of H-pyrrole nitrogens is 1. The van der Waals surface area contributed by atoms with Crippen LogP contribution < -0.4 is 11.4 Å². The third-order valence-electron chi connectivity index (χ3n) is 2.91. The van der Waals surface area contributed by atoms with Crippen molar-refractivity contribution in [1.29, 1.82) is 0 Å². The number of nitrogens with two attached hydrogens (primary N) is 1. The van der Waals surface area contributed by atoms with Crippen LogP contribution in [0.4, 0.5) is 5.69 Å². The maximum atomic E-state index is 11.6. The molecule has 6 nitrogen and oxygen atoms in total.